The van der Waals surface area contributed by atoms with E-state index >= 15 is 0 Å². The highest BCUT2D eigenvalue weighted by atomic mass is 19.1. The van der Waals surface area contributed by atoms with Crippen LogP contribution < -0.4 is 5.32 Å². The molecule has 20 heavy (non-hydrogen) atoms. The molecule has 0 radical (unpaired) electrons. The van der Waals surface area contributed by atoms with E-state index in [1.54, 1.807) is 13.8 Å². The fourth-order valence-electron chi connectivity index (χ4n) is 1.58. The topological polar surface area (TPSA) is 69.6 Å². The van der Waals surface area contributed by atoms with E-state index in [-0.39, 0.29) is 5.56 Å². The van der Waals surface area contributed by atoms with E-state index in [4.69, 9.17) is 5.11 Å². The number of aryl methyl sites for hydroxylation is 1. The first-order valence-corrected chi connectivity index (χ1v) is 5.98. The van der Waals surface area contributed by atoms with E-state index in [1.807, 2.05) is 0 Å². The first kappa shape index (κ1) is 15.9. The molecule has 0 atom stereocenters. The Labute approximate surface area is 115 Å². The molecule has 110 valence electrons. The van der Waals surface area contributed by atoms with E-state index < -0.39 is 41.9 Å². The molecule has 0 aromatic heterocycles. The van der Waals surface area contributed by atoms with Crippen LogP contribution >= 0.6 is 0 Å². The molecule has 0 spiro atoms. The predicted molar refractivity (Wildman–Crippen MR) is 69.6 cm³/mol. The number of nitrogens with zero attached hydrogens (tertiary/aromatic N) is 1. The molecular weight excluding hydrogens is 270 g/mol. The van der Waals surface area contributed by atoms with Crippen LogP contribution in [0.5, 0.6) is 0 Å². The van der Waals surface area contributed by atoms with E-state index in [0.29, 0.717) is 0 Å². The SMILES string of the molecule is Cc1ccc(F)c(NC(=O)N(CC(=O)O)C(C)C)c1F. The maximum Gasteiger partial charge on any atom is 0.323 e. The number of amides is 2. The van der Waals surface area contributed by atoms with Crippen LogP contribution in [0.3, 0.4) is 0 Å². The molecule has 0 unspecified atom stereocenters. The maximum absolute atomic E-state index is 13.8. The maximum atomic E-state index is 13.8. The van der Waals surface area contributed by atoms with Gasteiger partial charge in [0.15, 0.2) is 5.82 Å². The van der Waals surface area contributed by atoms with Crippen molar-refractivity contribution in [2.24, 2.45) is 0 Å². The molecule has 0 aliphatic carbocycles. The second-order valence-corrected chi connectivity index (χ2v) is 4.60. The summed E-state index contributed by atoms with van der Waals surface area (Å²) in [6.45, 7) is 4.08. The molecule has 1 aromatic carbocycles. The van der Waals surface area contributed by atoms with E-state index in [0.717, 1.165) is 11.0 Å². The number of rotatable bonds is 4. The minimum Gasteiger partial charge on any atom is -0.480 e. The summed E-state index contributed by atoms with van der Waals surface area (Å²) in [6, 6.07) is 0.982. The van der Waals surface area contributed by atoms with Gasteiger partial charge in [-0.05, 0) is 32.4 Å². The van der Waals surface area contributed by atoms with E-state index in [1.165, 1.54) is 13.0 Å². The van der Waals surface area contributed by atoms with E-state index in [9.17, 15) is 18.4 Å². The molecule has 1 aromatic rings. The van der Waals surface area contributed by atoms with E-state index in [2.05, 4.69) is 5.32 Å². The van der Waals surface area contributed by atoms with Crippen LogP contribution in [-0.2, 0) is 4.79 Å². The Kier molecular flexibility index (Phi) is 5.01. The van der Waals surface area contributed by atoms with Crippen molar-refractivity contribution in [1.29, 1.82) is 0 Å². The van der Waals surface area contributed by atoms with Crippen molar-refractivity contribution >= 4 is 17.7 Å². The molecule has 0 saturated heterocycles. The standard InChI is InChI=1S/C13H16F2N2O3/c1-7(2)17(6-10(18)19)13(20)16-12-9(14)5-4-8(3)11(12)15/h4-5,7H,6H2,1-3H3,(H,16,20)(H,18,19). The van der Waals surface area contributed by atoms with Gasteiger partial charge in [-0.15, -0.1) is 0 Å². The zero-order valence-electron chi connectivity index (χ0n) is 11.4. The number of urea groups is 1. The highest BCUT2D eigenvalue weighted by molar-refractivity contribution is 5.91. The Balaban J connectivity index is 2.99. The summed E-state index contributed by atoms with van der Waals surface area (Å²) in [7, 11) is 0. The Morgan fingerprint density at radius 1 is 1.35 bits per heavy atom. The van der Waals surface area contributed by atoms with Gasteiger partial charge < -0.3 is 15.3 Å². The first-order chi connectivity index (χ1) is 9.23. The lowest BCUT2D eigenvalue weighted by Crippen LogP contribution is -2.43. The van der Waals surface area contributed by atoms with Crippen LogP contribution in [0.4, 0.5) is 19.3 Å². The number of aliphatic carboxylic acids is 1. The number of benzene rings is 1. The minimum atomic E-state index is -1.21. The number of nitrogens with one attached hydrogen (secondary N) is 1. The molecular formula is C13H16F2N2O3. The van der Waals surface area contributed by atoms with Gasteiger partial charge in [-0.3, -0.25) is 4.79 Å². The van der Waals surface area contributed by atoms with Gasteiger partial charge in [0.05, 0.1) is 0 Å². The Hall–Kier alpha value is -2.18. The molecule has 5 nitrogen and oxygen atoms in total. The van der Waals surface area contributed by atoms with Crippen LogP contribution in [0.1, 0.15) is 19.4 Å². The number of hydrogen-bond acceptors (Lipinski definition) is 2. The summed E-state index contributed by atoms with van der Waals surface area (Å²) >= 11 is 0. The molecule has 0 bridgehead atoms. The largest absolute Gasteiger partial charge is 0.480 e. The van der Waals surface area contributed by atoms with Crippen molar-refractivity contribution in [3.05, 3.63) is 29.3 Å². The number of halogens is 2. The van der Waals surface area contributed by atoms with Gasteiger partial charge >= 0.3 is 12.0 Å². The fraction of sp³-hybridized carbons (Fsp3) is 0.385. The Morgan fingerprint density at radius 3 is 2.45 bits per heavy atom. The van der Waals surface area contributed by atoms with Gasteiger partial charge in [-0.25, -0.2) is 13.6 Å². The van der Waals surface area contributed by atoms with Crippen LogP contribution in [0.25, 0.3) is 0 Å². The van der Waals surface area contributed by atoms with Crippen LogP contribution in [-0.4, -0.2) is 34.6 Å². The summed E-state index contributed by atoms with van der Waals surface area (Å²) < 4.78 is 27.3. The van der Waals surface area contributed by atoms with Crippen LogP contribution in [0.15, 0.2) is 12.1 Å². The second-order valence-electron chi connectivity index (χ2n) is 4.60. The number of carboxylic acids is 1. The van der Waals surface area contributed by atoms with Crippen molar-refractivity contribution in [1.82, 2.24) is 4.90 Å². The molecule has 0 fully saturated rings. The first-order valence-electron chi connectivity index (χ1n) is 5.98. The van der Waals surface area contributed by atoms with Gasteiger partial charge in [0.2, 0.25) is 0 Å². The monoisotopic (exact) mass is 286 g/mol. The molecule has 2 amide bonds. The van der Waals surface area contributed by atoms with Crippen LogP contribution in [0.2, 0.25) is 0 Å². The molecule has 0 saturated carbocycles. The summed E-state index contributed by atoms with van der Waals surface area (Å²) in [5.74, 6) is -3.00. The van der Waals surface area contributed by atoms with Crippen LogP contribution in [0, 0.1) is 18.6 Å². The molecule has 0 aliphatic rings. The average Bonchev–Trinajstić information content (AvgIpc) is 2.35. The van der Waals surface area contributed by atoms with Gasteiger partial charge in [0.1, 0.15) is 18.0 Å². The highest BCUT2D eigenvalue weighted by Crippen LogP contribution is 2.22. The normalized spacial score (nSPS) is 10.5. The number of anilines is 1. The third-order valence-corrected chi connectivity index (χ3v) is 2.71. The van der Waals surface area contributed by atoms with Crippen molar-refractivity contribution in [2.45, 2.75) is 26.8 Å². The van der Waals surface area contributed by atoms with Crippen molar-refractivity contribution in [3.8, 4) is 0 Å². The number of hydrogen-bond donors (Lipinski definition) is 2. The molecule has 0 heterocycles. The summed E-state index contributed by atoms with van der Waals surface area (Å²) in [5.41, 5.74) is -0.401. The number of carbonyl (C=O) groups excluding carboxylic acids is 1. The number of carbonyl (C=O) groups is 2. The zero-order valence-corrected chi connectivity index (χ0v) is 11.4. The number of carboxylic acid groups (broad SMARTS) is 1. The Morgan fingerprint density at radius 2 is 1.95 bits per heavy atom. The van der Waals surface area contributed by atoms with Gasteiger partial charge in [-0.2, -0.15) is 0 Å². The summed E-state index contributed by atoms with van der Waals surface area (Å²) in [4.78, 5) is 23.6. The molecule has 7 heteroatoms. The minimum absolute atomic E-state index is 0.177. The van der Waals surface area contributed by atoms with Gasteiger partial charge in [0.25, 0.3) is 0 Å². The summed E-state index contributed by atoms with van der Waals surface area (Å²) in [6.07, 6.45) is 0. The molecule has 0 aliphatic heterocycles. The van der Waals surface area contributed by atoms with Gasteiger partial charge in [-0.1, -0.05) is 6.07 Å². The quantitative estimate of drug-likeness (QED) is 0.893. The van der Waals surface area contributed by atoms with Crippen molar-refractivity contribution in [2.75, 3.05) is 11.9 Å². The summed E-state index contributed by atoms with van der Waals surface area (Å²) in [5, 5.41) is 10.8. The lowest BCUT2D eigenvalue weighted by atomic mass is 10.2. The molecule has 2 N–H and O–H groups in total. The lowest BCUT2D eigenvalue weighted by molar-refractivity contribution is -0.137. The predicted octanol–water partition coefficient (Wildman–Crippen LogP) is 2.60. The highest BCUT2D eigenvalue weighted by Gasteiger charge is 2.22. The van der Waals surface area contributed by atoms with Gasteiger partial charge in [0, 0.05) is 6.04 Å². The lowest BCUT2D eigenvalue weighted by Gasteiger charge is -2.25. The molecule has 1 rings (SSSR count). The zero-order chi connectivity index (χ0) is 15.4. The van der Waals surface area contributed by atoms with Crippen molar-refractivity contribution < 1.29 is 23.5 Å². The van der Waals surface area contributed by atoms with Crippen molar-refractivity contribution in [3.63, 3.8) is 0 Å². The second kappa shape index (κ2) is 6.31. The Bertz CT molecular complexity index is 533. The average molecular weight is 286 g/mol. The third kappa shape index (κ3) is 3.66. The third-order valence-electron chi connectivity index (χ3n) is 2.71. The fourth-order valence-corrected chi connectivity index (χ4v) is 1.58. The smallest absolute Gasteiger partial charge is 0.323 e.